The Labute approximate surface area is 57.6 Å². The predicted octanol–water partition coefficient (Wildman–Crippen LogP) is 0.939. The molecule has 9 heavy (non-hydrogen) atoms. The van der Waals surface area contributed by atoms with Crippen molar-refractivity contribution in [1.29, 1.82) is 0 Å². The van der Waals surface area contributed by atoms with Crippen molar-refractivity contribution in [2.45, 2.75) is 0 Å². The number of methoxy groups -OCH3 is 1. The van der Waals surface area contributed by atoms with Crippen molar-refractivity contribution in [2.24, 2.45) is 0 Å². The standard InChI is InChI=1S/C5H4ClN2O/c1-9-5-4(6)2-3-7-8-5/h2H,1H3. The Morgan fingerprint density at radius 3 is 3.00 bits per heavy atom. The molecule has 1 rings (SSSR count). The maximum atomic E-state index is 5.57. The molecule has 1 aromatic rings. The van der Waals surface area contributed by atoms with Gasteiger partial charge in [-0.3, -0.25) is 0 Å². The summed E-state index contributed by atoms with van der Waals surface area (Å²) in [7, 11) is 1.48. The van der Waals surface area contributed by atoms with Gasteiger partial charge in [0.05, 0.1) is 7.11 Å². The fourth-order valence-electron chi connectivity index (χ4n) is 0.408. The molecular weight excluding hydrogens is 140 g/mol. The van der Waals surface area contributed by atoms with Crippen molar-refractivity contribution >= 4 is 11.6 Å². The highest BCUT2D eigenvalue weighted by Gasteiger charge is 1.97. The first kappa shape index (κ1) is 6.29. The van der Waals surface area contributed by atoms with Crippen LogP contribution in [0.4, 0.5) is 0 Å². The normalized spacial score (nSPS) is 9.11. The molecule has 0 spiro atoms. The van der Waals surface area contributed by atoms with Crippen LogP contribution in [0.3, 0.4) is 0 Å². The van der Waals surface area contributed by atoms with Crippen LogP contribution >= 0.6 is 11.6 Å². The molecule has 0 aromatic carbocycles. The van der Waals surface area contributed by atoms with Gasteiger partial charge in [0.25, 0.3) is 5.88 Å². The van der Waals surface area contributed by atoms with E-state index in [0.717, 1.165) is 0 Å². The fraction of sp³-hybridized carbons (Fsp3) is 0.200. The van der Waals surface area contributed by atoms with E-state index in [0.29, 0.717) is 10.9 Å². The molecule has 1 heterocycles. The molecule has 0 unspecified atom stereocenters. The van der Waals surface area contributed by atoms with Crippen molar-refractivity contribution in [3.63, 3.8) is 0 Å². The SMILES string of the molecule is COc1nn[c]cc1Cl. The van der Waals surface area contributed by atoms with E-state index in [1.807, 2.05) is 0 Å². The average molecular weight is 144 g/mol. The molecular formula is C5H4ClN2O. The molecule has 1 radical (unpaired) electrons. The maximum absolute atomic E-state index is 5.57. The summed E-state index contributed by atoms with van der Waals surface area (Å²) in [6.07, 6.45) is 2.46. The van der Waals surface area contributed by atoms with Gasteiger partial charge in [0, 0.05) is 0 Å². The third kappa shape index (κ3) is 1.29. The molecule has 0 aliphatic carbocycles. The van der Waals surface area contributed by atoms with Gasteiger partial charge in [0.2, 0.25) is 0 Å². The van der Waals surface area contributed by atoms with Crippen LogP contribution in [-0.4, -0.2) is 17.3 Å². The molecule has 0 atom stereocenters. The van der Waals surface area contributed by atoms with Gasteiger partial charge >= 0.3 is 0 Å². The van der Waals surface area contributed by atoms with Crippen molar-refractivity contribution in [3.8, 4) is 5.88 Å². The number of hydrogen-bond acceptors (Lipinski definition) is 3. The summed E-state index contributed by atoms with van der Waals surface area (Å²) >= 11 is 5.57. The van der Waals surface area contributed by atoms with Crippen LogP contribution in [0.25, 0.3) is 0 Å². The molecule has 0 fully saturated rings. The third-order valence-electron chi connectivity index (χ3n) is 0.787. The molecule has 3 nitrogen and oxygen atoms in total. The highest BCUT2D eigenvalue weighted by atomic mass is 35.5. The van der Waals surface area contributed by atoms with Gasteiger partial charge < -0.3 is 4.74 Å². The first-order chi connectivity index (χ1) is 4.34. The van der Waals surface area contributed by atoms with Crippen molar-refractivity contribution in [1.82, 2.24) is 10.2 Å². The Bertz CT molecular complexity index is 204. The van der Waals surface area contributed by atoms with Crippen LogP contribution in [-0.2, 0) is 0 Å². The average Bonchev–Trinajstić information content (AvgIpc) is 1.89. The fourth-order valence-corrected chi connectivity index (χ4v) is 0.571. The minimum atomic E-state index is 0.329. The second kappa shape index (κ2) is 2.64. The van der Waals surface area contributed by atoms with Crippen LogP contribution in [0.15, 0.2) is 6.07 Å². The predicted molar refractivity (Wildman–Crippen MR) is 32.4 cm³/mol. The zero-order valence-electron chi connectivity index (χ0n) is 4.76. The monoisotopic (exact) mass is 143 g/mol. The molecule has 0 aliphatic heterocycles. The van der Waals surface area contributed by atoms with Crippen LogP contribution in [0.2, 0.25) is 5.02 Å². The second-order valence-electron chi connectivity index (χ2n) is 1.33. The number of halogens is 1. The van der Waals surface area contributed by atoms with E-state index < -0.39 is 0 Å². The Morgan fingerprint density at radius 2 is 2.56 bits per heavy atom. The Morgan fingerprint density at radius 1 is 1.78 bits per heavy atom. The van der Waals surface area contributed by atoms with E-state index in [-0.39, 0.29) is 0 Å². The van der Waals surface area contributed by atoms with E-state index in [1.54, 1.807) is 0 Å². The third-order valence-corrected chi connectivity index (χ3v) is 1.06. The lowest BCUT2D eigenvalue weighted by molar-refractivity contribution is 0.392. The lowest BCUT2D eigenvalue weighted by Crippen LogP contribution is -1.89. The minimum Gasteiger partial charge on any atom is -0.479 e. The van der Waals surface area contributed by atoms with E-state index >= 15 is 0 Å². The molecule has 4 heteroatoms. The summed E-state index contributed by atoms with van der Waals surface area (Å²) in [5.41, 5.74) is 0. The van der Waals surface area contributed by atoms with Crippen LogP contribution in [0, 0.1) is 6.20 Å². The summed E-state index contributed by atoms with van der Waals surface area (Å²) < 4.78 is 4.72. The van der Waals surface area contributed by atoms with E-state index in [1.165, 1.54) is 13.2 Å². The minimum absolute atomic E-state index is 0.329. The van der Waals surface area contributed by atoms with Crippen LogP contribution in [0.5, 0.6) is 5.88 Å². The topological polar surface area (TPSA) is 35.0 Å². The highest BCUT2D eigenvalue weighted by molar-refractivity contribution is 6.31. The first-order valence-corrected chi connectivity index (χ1v) is 2.65. The first-order valence-electron chi connectivity index (χ1n) is 2.28. The molecule has 0 N–H and O–H groups in total. The summed E-state index contributed by atoms with van der Waals surface area (Å²) in [6.45, 7) is 0. The molecule has 0 bridgehead atoms. The van der Waals surface area contributed by atoms with Crippen LogP contribution in [0.1, 0.15) is 0 Å². The quantitative estimate of drug-likeness (QED) is 0.587. The van der Waals surface area contributed by atoms with E-state index in [4.69, 9.17) is 16.3 Å². The van der Waals surface area contributed by atoms with E-state index in [2.05, 4.69) is 16.4 Å². The van der Waals surface area contributed by atoms with Gasteiger partial charge in [-0.1, -0.05) is 11.6 Å². The zero-order valence-corrected chi connectivity index (χ0v) is 5.51. The van der Waals surface area contributed by atoms with Gasteiger partial charge in [-0.05, 0) is 6.07 Å². The summed E-state index contributed by atoms with van der Waals surface area (Å²) in [5, 5.41) is 7.39. The summed E-state index contributed by atoms with van der Waals surface area (Å²) in [5.74, 6) is 0.329. The number of ether oxygens (including phenoxy) is 1. The number of hydrogen-bond donors (Lipinski definition) is 0. The van der Waals surface area contributed by atoms with Crippen molar-refractivity contribution in [2.75, 3.05) is 7.11 Å². The molecule has 0 amide bonds. The smallest absolute Gasteiger partial charge is 0.252 e. The van der Waals surface area contributed by atoms with Crippen LogP contribution < -0.4 is 4.74 Å². The number of aromatic nitrogens is 2. The lowest BCUT2D eigenvalue weighted by atomic mass is 10.6. The molecule has 0 aliphatic rings. The molecule has 0 saturated heterocycles. The van der Waals surface area contributed by atoms with Gasteiger partial charge in [-0.2, -0.15) is 0 Å². The molecule has 47 valence electrons. The lowest BCUT2D eigenvalue weighted by Gasteiger charge is -1.95. The molecule has 1 aromatic heterocycles. The van der Waals surface area contributed by atoms with Gasteiger partial charge in [-0.25, -0.2) is 0 Å². The van der Waals surface area contributed by atoms with Gasteiger partial charge in [-0.15, -0.1) is 10.2 Å². The van der Waals surface area contributed by atoms with E-state index in [9.17, 15) is 0 Å². The maximum Gasteiger partial charge on any atom is 0.252 e. The Balaban J connectivity index is 3.01. The van der Waals surface area contributed by atoms with Crippen molar-refractivity contribution in [3.05, 3.63) is 17.3 Å². The second-order valence-corrected chi connectivity index (χ2v) is 1.74. The Hall–Kier alpha value is -0.830. The number of nitrogens with zero attached hydrogens (tertiary/aromatic N) is 2. The van der Waals surface area contributed by atoms with Gasteiger partial charge in [0.1, 0.15) is 11.2 Å². The molecule has 0 saturated carbocycles. The largest absolute Gasteiger partial charge is 0.479 e. The highest BCUT2D eigenvalue weighted by Crippen LogP contribution is 2.17. The summed E-state index contributed by atoms with van der Waals surface area (Å²) in [6, 6.07) is 1.49. The zero-order chi connectivity index (χ0) is 6.69. The number of rotatable bonds is 1. The van der Waals surface area contributed by atoms with Gasteiger partial charge in [0.15, 0.2) is 0 Å². The Kier molecular flexibility index (Phi) is 1.85. The summed E-state index contributed by atoms with van der Waals surface area (Å²) in [4.78, 5) is 0. The van der Waals surface area contributed by atoms with Crippen molar-refractivity contribution < 1.29 is 4.74 Å².